The van der Waals surface area contributed by atoms with Crippen LogP contribution in [0.4, 0.5) is 5.82 Å². The number of pyridine rings is 1. The second kappa shape index (κ2) is 9.11. The second-order valence-corrected chi connectivity index (χ2v) is 9.16. The molecule has 168 valence electrons. The van der Waals surface area contributed by atoms with E-state index in [9.17, 15) is 10.1 Å². The first-order chi connectivity index (χ1) is 14.9. The zero-order chi connectivity index (χ0) is 22.0. The highest BCUT2D eigenvalue weighted by Crippen LogP contribution is 2.35. The molecule has 0 aromatic carbocycles. The fourth-order valence-corrected chi connectivity index (χ4v) is 4.68. The van der Waals surface area contributed by atoms with Gasteiger partial charge >= 0.3 is 0 Å². The van der Waals surface area contributed by atoms with Gasteiger partial charge in [0.05, 0.1) is 37.5 Å². The van der Waals surface area contributed by atoms with E-state index in [4.69, 9.17) is 14.5 Å². The van der Waals surface area contributed by atoms with E-state index in [1.54, 1.807) is 0 Å². The zero-order valence-corrected chi connectivity index (χ0v) is 18.9. The van der Waals surface area contributed by atoms with Crippen molar-refractivity contribution in [1.82, 2.24) is 14.8 Å². The highest BCUT2D eigenvalue weighted by atomic mass is 16.5. The topological polar surface area (TPSA) is 81.9 Å². The third-order valence-electron chi connectivity index (χ3n) is 6.53. The van der Waals surface area contributed by atoms with Gasteiger partial charge in [0.2, 0.25) is 5.91 Å². The average Bonchev–Trinajstić information content (AvgIpc) is 2.78. The molecule has 0 spiro atoms. The van der Waals surface area contributed by atoms with E-state index in [-0.39, 0.29) is 11.5 Å². The summed E-state index contributed by atoms with van der Waals surface area (Å²) in [5, 5.41) is 10.0. The van der Waals surface area contributed by atoms with Gasteiger partial charge in [-0.1, -0.05) is 6.92 Å². The Morgan fingerprint density at radius 3 is 2.48 bits per heavy atom. The van der Waals surface area contributed by atoms with Crippen LogP contribution < -0.4 is 4.90 Å². The molecule has 8 heteroatoms. The van der Waals surface area contributed by atoms with Gasteiger partial charge in [-0.2, -0.15) is 5.26 Å². The Labute approximate surface area is 184 Å². The van der Waals surface area contributed by atoms with Crippen molar-refractivity contribution in [3.05, 3.63) is 22.4 Å². The Morgan fingerprint density at radius 1 is 1.13 bits per heavy atom. The minimum atomic E-state index is -0.277. The monoisotopic (exact) mass is 427 g/mol. The zero-order valence-electron chi connectivity index (χ0n) is 18.9. The maximum atomic E-state index is 12.6. The van der Waals surface area contributed by atoms with Crippen molar-refractivity contribution < 1.29 is 14.3 Å². The van der Waals surface area contributed by atoms with Crippen LogP contribution in [0, 0.1) is 11.3 Å². The number of ether oxygens (including phenoxy) is 2. The molecule has 0 aliphatic carbocycles. The smallest absolute Gasteiger partial charge is 0.236 e. The lowest BCUT2D eigenvalue weighted by Gasteiger charge is -2.38. The van der Waals surface area contributed by atoms with Crippen molar-refractivity contribution in [2.75, 3.05) is 63.9 Å². The molecule has 8 nitrogen and oxygen atoms in total. The van der Waals surface area contributed by atoms with Gasteiger partial charge in [0.15, 0.2) is 0 Å². The minimum Gasteiger partial charge on any atom is -0.378 e. The van der Waals surface area contributed by atoms with E-state index in [1.165, 1.54) is 0 Å². The van der Waals surface area contributed by atoms with Gasteiger partial charge in [-0.15, -0.1) is 0 Å². The number of nitrogens with zero attached hydrogens (tertiary/aromatic N) is 5. The van der Waals surface area contributed by atoms with E-state index in [0.717, 1.165) is 61.7 Å². The molecule has 3 aliphatic heterocycles. The second-order valence-electron chi connectivity index (χ2n) is 9.16. The van der Waals surface area contributed by atoms with Crippen LogP contribution in [0.25, 0.3) is 0 Å². The third kappa shape index (κ3) is 4.69. The highest BCUT2D eigenvalue weighted by molar-refractivity contribution is 5.78. The number of aromatic nitrogens is 1. The number of amides is 1. The summed E-state index contributed by atoms with van der Waals surface area (Å²) in [6.45, 7) is 12.9. The molecule has 0 atom stereocenters. The molecule has 0 unspecified atom stereocenters. The van der Waals surface area contributed by atoms with Crippen LogP contribution in [0.1, 0.15) is 43.2 Å². The molecule has 0 radical (unpaired) electrons. The lowest BCUT2D eigenvalue weighted by atomic mass is 9.87. The van der Waals surface area contributed by atoms with Gasteiger partial charge in [-0.05, 0) is 25.8 Å². The number of aryl methyl sites for hydroxylation is 1. The quantitative estimate of drug-likeness (QED) is 0.717. The van der Waals surface area contributed by atoms with Crippen LogP contribution in [0.2, 0.25) is 0 Å². The maximum Gasteiger partial charge on any atom is 0.236 e. The van der Waals surface area contributed by atoms with Crippen molar-refractivity contribution in [1.29, 1.82) is 5.26 Å². The van der Waals surface area contributed by atoms with Crippen LogP contribution in [0.3, 0.4) is 0 Å². The van der Waals surface area contributed by atoms with Crippen LogP contribution in [-0.2, 0) is 33.7 Å². The molecule has 31 heavy (non-hydrogen) atoms. The number of piperazine rings is 1. The third-order valence-corrected chi connectivity index (χ3v) is 6.53. The molecule has 0 N–H and O–H groups in total. The normalized spacial score (nSPS) is 21.5. The molecular formula is C23H33N5O3. The minimum absolute atomic E-state index is 0.178. The van der Waals surface area contributed by atoms with Crippen LogP contribution in [0.15, 0.2) is 0 Å². The number of carbonyl (C=O) groups is 1. The Hall–Kier alpha value is -2.21. The number of fused-ring (bicyclic) bond motifs is 1. The van der Waals surface area contributed by atoms with E-state index in [0.29, 0.717) is 45.0 Å². The molecular weight excluding hydrogens is 394 g/mol. The predicted octanol–water partition coefficient (Wildman–Crippen LogP) is 1.35. The number of carbonyl (C=O) groups excluding carboxylic acids is 1. The molecule has 0 saturated carbocycles. The molecule has 1 amide bonds. The number of rotatable bonds is 4. The molecule has 3 aliphatic rings. The first-order valence-electron chi connectivity index (χ1n) is 11.3. The lowest BCUT2D eigenvalue weighted by molar-refractivity contribution is -0.136. The fourth-order valence-electron chi connectivity index (χ4n) is 4.68. The SMILES string of the molecule is CCc1nc(N2CCN(CC(=O)N3CCOCC3)CC2)c(C#N)c2c1COC(C)(C)C2. The Morgan fingerprint density at radius 2 is 1.84 bits per heavy atom. The first-order valence-corrected chi connectivity index (χ1v) is 11.3. The summed E-state index contributed by atoms with van der Waals surface area (Å²) in [6, 6.07) is 2.45. The van der Waals surface area contributed by atoms with Crippen LogP contribution >= 0.6 is 0 Å². The van der Waals surface area contributed by atoms with Gasteiger partial charge in [0.1, 0.15) is 11.9 Å². The van der Waals surface area contributed by atoms with Crippen molar-refractivity contribution in [2.24, 2.45) is 0 Å². The summed E-state index contributed by atoms with van der Waals surface area (Å²) in [7, 11) is 0. The lowest BCUT2D eigenvalue weighted by Crippen LogP contribution is -2.52. The van der Waals surface area contributed by atoms with Gasteiger partial charge in [-0.25, -0.2) is 4.98 Å². The molecule has 2 saturated heterocycles. The Balaban J connectivity index is 1.48. The van der Waals surface area contributed by atoms with E-state index in [1.807, 2.05) is 4.90 Å². The Bertz CT molecular complexity index is 865. The summed E-state index contributed by atoms with van der Waals surface area (Å²) in [6.07, 6.45) is 1.54. The van der Waals surface area contributed by atoms with Crippen molar-refractivity contribution in [3.8, 4) is 6.07 Å². The number of anilines is 1. The van der Waals surface area contributed by atoms with Gasteiger partial charge in [0.25, 0.3) is 0 Å². The molecule has 0 bridgehead atoms. The summed E-state index contributed by atoms with van der Waals surface area (Å²) >= 11 is 0. The molecule has 1 aromatic rings. The first kappa shape index (κ1) is 22.0. The molecule has 4 heterocycles. The van der Waals surface area contributed by atoms with E-state index < -0.39 is 0 Å². The molecule has 4 rings (SSSR count). The maximum absolute atomic E-state index is 12.6. The summed E-state index contributed by atoms with van der Waals surface area (Å²) in [5.41, 5.74) is 3.65. The summed E-state index contributed by atoms with van der Waals surface area (Å²) in [4.78, 5) is 23.8. The number of hydrogen-bond acceptors (Lipinski definition) is 7. The number of nitriles is 1. The van der Waals surface area contributed by atoms with Gasteiger partial charge in [0, 0.05) is 56.9 Å². The van der Waals surface area contributed by atoms with Crippen molar-refractivity contribution in [2.45, 2.75) is 45.8 Å². The predicted molar refractivity (Wildman–Crippen MR) is 117 cm³/mol. The average molecular weight is 428 g/mol. The standard InChI is InChI=1S/C23H33N5O3/c1-4-20-19-16-31-23(2,3)13-17(19)18(14-24)22(25-20)28-7-5-26(6-8-28)15-21(29)27-9-11-30-12-10-27/h4-13,15-16H2,1-3H3. The number of hydrogen-bond donors (Lipinski definition) is 0. The number of morpholine rings is 1. The van der Waals surface area contributed by atoms with Crippen molar-refractivity contribution in [3.63, 3.8) is 0 Å². The molecule has 2 fully saturated rings. The largest absolute Gasteiger partial charge is 0.378 e. The highest BCUT2D eigenvalue weighted by Gasteiger charge is 2.33. The van der Waals surface area contributed by atoms with Crippen LogP contribution in [-0.4, -0.2) is 85.3 Å². The fraction of sp³-hybridized carbons (Fsp3) is 0.696. The van der Waals surface area contributed by atoms with Gasteiger partial charge in [-0.3, -0.25) is 9.69 Å². The molecule has 1 aromatic heterocycles. The van der Waals surface area contributed by atoms with E-state index in [2.05, 4.69) is 36.6 Å². The van der Waals surface area contributed by atoms with E-state index >= 15 is 0 Å². The van der Waals surface area contributed by atoms with Gasteiger partial charge < -0.3 is 19.3 Å². The summed E-state index contributed by atoms with van der Waals surface area (Å²) < 4.78 is 11.3. The van der Waals surface area contributed by atoms with Crippen molar-refractivity contribution >= 4 is 11.7 Å². The van der Waals surface area contributed by atoms with Crippen LogP contribution in [0.5, 0.6) is 0 Å². The Kier molecular flexibility index (Phi) is 6.47. The summed E-state index contributed by atoms with van der Waals surface area (Å²) in [5.74, 6) is 0.979.